The van der Waals surface area contributed by atoms with Gasteiger partial charge in [0.05, 0.1) is 7.11 Å². The summed E-state index contributed by atoms with van der Waals surface area (Å²) in [7, 11) is 1.30. The predicted octanol–water partition coefficient (Wildman–Crippen LogP) is 0.673. The average molecular weight is 254 g/mol. The van der Waals surface area contributed by atoms with Crippen molar-refractivity contribution < 1.29 is 19.1 Å². The molecular formula is C12H18N2O4. The quantitative estimate of drug-likeness (QED) is 0.544. The molecule has 0 spiro atoms. The minimum Gasteiger partial charge on any atom is -0.467 e. The Morgan fingerprint density at radius 2 is 2.11 bits per heavy atom. The molecule has 0 N–H and O–H groups in total. The third-order valence-electron chi connectivity index (χ3n) is 3.04. The Hall–Kier alpha value is -1.77. The van der Waals surface area contributed by atoms with E-state index in [0.29, 0.717) is 13.0 Å². The average Bonchev–Trinajstić information content (AvgIpc) is 2.82. The second kappa shape index (κ2) is 6.24. The molecule has 0 aromatic rings. The van der Waals surface area contributed by atoms with Crippen molar-refractivity contribution >= 4 is 11.9 Å². The molecule has 100 valence electrons. The predicted molar refractivity (Wildman–Crippen MR) is 62.1 cm³/mol. The summed E-state index contributed by atoms with van der Waals surface area (Å²) >= 11 is 0. The van der Waals surface area contributed by atoms with Gasteiger partial charge >= 0.3 is 5.97 Å². The monoisotopic (exact) mass is 254 g/mol. The Labute approximate surface area is 106 Å². The fourth-order valence-corrected chi connectivity index (χ4v) is 2.10. The SMILES string of the molecule is COC(=O)[C@@H]1CCCN1C(=O)C(OC#N)C(C)C. The molecule has 1 aliphatic rings. The number of carbonyl (C=O) groups excluding carboxylic acids is 2. The molecule has 1 amide bonds. The lowest BCUT2D eigenvalue weighted by Crippen LogP contribution is -2.47. The van der Waals surface area contributed by atoms with Crippen LogP contribution in [0.1, 0.15) is 26.7 Å². The summed E-state index contributed by atoms with van der Waals surface area (Å²) in [6.07, 6.45) is 2.06. The topological polar surface area (TPSA) is 79.6 Å². The van der Waals surface area contributed by atoms with Crippen LogP contribution in [0.2, 0.25) is 0 Å². The van der Waals surface area contributed by atoms with Crippen LogP contribution in [-0.4, -0.2) is 42.6 Å². The van der Waals surface area contributed by atoms with Gasteiger partial charge in [-0.15, -0.1) is 0 Å². The molecule has 0 aromatic heterocycles. The summed E-state index contributed by atoms with van der Waals surface area (Å²) in [5, 5.41) is 8.56. The fourth-order valence-electron chi connectivity index (χ4n) is 2.10. The first kappa shape index (κ1) is 14.3. The van der Waals surface area contributed by atoms with Gasteiger partial charge in [0.25, 0.3) is 12.2 Å². The standard InChI is InChI=1S/C12H18N2O4/c1-8(2)10(18-7-13)11(15)14-6-4-5-9(14)12(16)17-3/h8-10H,4-6H2,1-3H3/t9-,10?/m0/s1. The van der Waals surface area contributed by atoms with Gasteiger partial charge in [-0.2, -0.15) is 5.26 Å². The van der Waals surface area contributed by atoms with Crippen LogP contribution >= 0.6 is 0 Å². The molecule has 1 heterocycles. The van der Waals surface area contributed by atoms with Gasteiger partial charge < -0.3 is 14.4 Å². The van der Waals surface area contributed by atoms with Crippen LogP contribution in [0.25, 0.3) is 0 Å². The smallest absolute Gasteiger partial charge is 0.328 e. The van der Waals surface area contributed by atoms with Crippen molar-refractivity contribution in [2.45, 2.75) is 38.8 Å². The van der Waals surface area contributed by atoms with Crippen molar-refractivity contribution in [3.05, 3.63) is 0 Å². The van der Waals surface area contributed by atoms with E-state index in [0.717, 1.165) is 6.42 Å². The number of rotatable bonds is 4. The first-order valence-electron chi connectivity index (χ1n) is 5.96. The third-order valence-corrected chi connectivity index (χ3v) is 3.04. The highest BCUT2D eigenvalue weighted by molar-refractivity contribution is 5.87. The van der Waals surface area contributed by atoms with Crippen LogP contribution in [0.4, 0.5) is 0 Å². The molecule has 1 saturated heterocycles. The number of ether oxygens (including phenoxy) is 2. The fraction of sp³-hybridized carbons (Fsp3) is 0.750. The summed E-state index contributed by atoms with van der Waals surface area (Å²) in [5.74, 6) is -0.865. The highest BCUT2D eigenvalue weighted by Gasteiger charge is 2.39. The van der Waals surface area contributed by atoms with E-state index in [-0.39, 0.29) is 11.8 Å². The molecular weight excluding hydrogens is 236 g/mol. The molecule has 0 bridgehead atoms. The van der Waals surface area contributed by atoms with E-state index in [4.69, 9.17) is 10.00 Å². The van der Waals surface area contributed by atoms with Crippen molar-refractivity contribution in [1.82, 2.24) is 4.90 Å². The maximum atomic E-state index is 12.2. The van der Waals surface area contributed by atoms with E-state index >= 15 is 0 Å². The number of nitrogens with zero attached hydrogens (tertiary/aromatic N) is 2. The van der Waals surface area contributed by atoms with Crippen molar-refractivity contribution in [2.75, 3.05) is 13.7 Å². The molecule has 1 fully saturated rings. The Kier molecular flexibility index (Phi) is 4.95. The maximum Gasteiger partial charge on any atom is 0.328 e. The summed E-state index contributed by atoms with van der Waals surface area (Å²) < 4.78 is 9.48. The van der Waals surface area contributed by atoms with E-state index < -0.39 is 18.1 Å². The summed E-state index contributed by atoms with van der Waals surface area (Å²) in [6, 6.07) is -0.550. The lowest BCUT2D eigenvalue weighted by molar-refractivity contribution is -0.155. The molecule has 0 aliphatic carbocycles. The third kappa shape index (κ3) is 2.92. The van der Waals surface area contributed by atoms with Gasteiger partial charge in [-0.3, -0.25) is 4.79 Å². The second-order valence-electron chi connectivity index (χ2n) is 4.59. The van der Waals surface area contributed by atoms with Crippen LogP contribution in [0, 0.1) is 17.4 Å². The minimum absolute atomic E-state index is 0.129. The molecule has 0 aromatic carbocycles. The first-order chi connectivity index (χ1) is 8.52. The number of methoxy groups -OCH3 is 1. The molecule has 2 atom stereocenters. The zero-order chi connectivity index (χ0) is 13.7. The Morgan fingerprint density at radius 3 is 2.61 bits per heavy atom. The van der Waals surface area contributed by atoms with Gasteiger partial charge in [0.15, 0.2) is 6.10 Å². The number of hydrogen-bond acceptors (Lipinski definition) is 5. The molecule has 6 heteroatoms. The summed E-state index contributed by atoms with van der Waals surface area (Å²) in [6.45, 7) is 4.09. The largest absolute Gasteiger partial charge is 0.467 e. The van der Waals surface area contributed by atoms with Crippen LogP contribution in [0.5, 0.6) is 0 Å². The Morgan fingerprint density at radius 1 is 1.44 bits per heavy atom. The lowest BCUT2D eigenvalue weighted by atomic mass is 10.1. The molecule has 6 nitrogen and oxygen atoms in total. The van der Waals surface area contributed by atoms with E-state index in [1.54, 1.807) is 20.1 Å². The number of hydrogen-bond donors (Lipinski definition) is 0. The van der Waals surface area contributed by atoms with Gasteiger partial charge in [0.1, 0.15) is 6.04 Å². The molecule has 0 saturated carbocycles. The summed E-state index contributed by atoms with van der Waals surface area (Å²) in [5.41, 5.74) is 0. The normalized spacial score (nSPS) is 20.4. The second-order valence-corrected chi connectivity index (χ2v) is 4.59. The number of amides is 1. The molecule has 18 heavy (non-hydrogen) atoms. The van der Waals surface area contributed by atoms with Crippen molar-refractivity contribution in [1.29, 1.82) is 5.26 Å². The lowest BCUT2D eigenvalue weighted by Gasteiger charge is -2.27. The number of nitriles is 1. The molecule has 1 rings (SSSR count). The minimum atomic E-state index is -0.833. The van der Waals surface area contributed by atoms with Crippen molar-refractivity contribution in [3.8, 4) is 6.26 Å². The van der Waals surface area contributed by atoms with Gasteiger partial charge in [0.2, 0.25) is 0 Å². The Bertz CT molecular complexity index is 362. The van der Waals surface area contributed by atoms with E-state index in [1.807, 2.05) is 0 Å². The van der Waals surface area contributed by atoms with Crippen molar-refractivity contribution in [3.63, 3.8) is 0 Å². The van der Waals surface area contributed by atoms with Crippen LogP contribution in [-0.2, 0) is 19.1 Å². The number of likely N-dealkylation sites (tertiary alicyclic amines) is 1. The van der Waals surface area contributed by atoms with E-state index in [1.165, 1.54) is 12.0 Å². The number of carbonyl (C=O) groups is 2. The number of esters is 1. The van der Waals surface area contributed by atoms with Crippen molar-refractivity contribution in [2.24, 2.45) is 5.92 Å². The van der Waals surface area contributed by atoms with Crippen LogP contribution < -0.4 is 0 Å². The zero-order valence-corrected chi connectivity index (χ0v) is 10.9. The molecule has 1 aliphatic heterocycles. The van der Waals surface area contributed by atoms with Crippen LogP contribution in [0.15, 0.2) is 0 Å². The van der Waals surface area contributed by atoms with E-state index in [9.17, 15) is 9.59 Å². The van der Waals surface area contributed by atoms with Gasteiger partial charge in [-0.25, -0.2) is 4.79 Å². The zero-order valence-electron chi connectivity index (χ0n) is 10.9. The Balaban J connectivity index is 2.81. The molecule has 1 unspecified atom stereocenters. The summed E-state index contributed by atoms with van der Waals surface area (Å²) in [4.78, 5) is 25.3. The highest BCUT2D eigenvalue weighted by Crippen LogP contribution is 2.22. The van der Waals surface area contributed by atoms with Gasteiger partial charge in [-0.1, -0.05) is 13.8 Å². The van der Waals surface area contributed by atoms with E-state index in [2.05, 4.69) is 4.74 Å². The maximum absolute atomic E-state index is 12.2. The highest BCUT2D eigenvalue weighted by atomic mass is 16.5. The first-order valence-corrected chi connectivity index (χ1v) is 5.96. The van der Waals surface area contributed by atoms with Gasteiger partial charge in [0, 0.05) is 12.5 Å². The van der Waals surface area contributed by atoms with Gasteiger partial charge in [-0.05, 0) is 12.8 Å². The molecule has 0 radical (unpaired) electrons. The van der Waals surface area contributed by atoms with Crippen LogP contribution in [0.3, 0.4) is 0 Å².